The maximum atomic E-state index is 12.9. The molecule has 0 aliphatic rings. The van der Waals surface area contributed by atoms with Crippen LogP contribution in [0.25, 0.3) is 0 Å². The van der Waals surface area contributed by atoms with Crippen LogP contribution in [0.15, 0.2) is 90.0 Å². The van der Waals surface area contributed by atoms with Gasteiger partial charge in [0.05, 0.1) is 17.9 Å². The summed E-state index contributed by atoms with van der Waals surface area (Å²) in [6, 6.07) is 22.8. The summed E-state index contributed by atoms with van der Waals surface area (Å²) >= 11 is 0. The molecule has 0 radical (unpaired) electrons. The maximum absolute atomic E-state index is 12.9. The fraction of sp³-hybridized carbons (Fsp3) is 0.160. The maximum Gasteiger partial charge on any atom is 0.416 e. The Labute approximate surface area is 189 Å². The van der Waals surface area contributed by atoms with E-state index in [0.29, 0.717) is 5.71 Å². The van der Waals surface area contributed by atoms with Crippen LogP contribution >= 0.6 is 0 Å². The Balaban J connectivity index is 1.66. The van der Waals surface area contributed by atoms with Crippen molar-refractivity contribution in [3.05, 3.63) is 102 Å². The van der Waals surface area contributed by atoms with Crippen LogP contribution in [0.5, 0.6) is 0 Å². The quantitative estimate of drug-likeness (QED) is 0.374. The largest absolute Gasteiger partial charge is 0.416 e. The van der Waals surface area contributed by atoms with Crippen LogP contribution in [0, 0.1) is 0 Å². The number of nitrogens with one attached hydrogen (secondary N) is 2. The van der Waals surface area contributed by atoms with Gasteiger partial charge in [0.25, 0.3) is 5.91 Å². The molecule has 33 heavy (non-hydrogen) atoms. The third kappa shape index (κ3) is 6.77. The predicted octanol–water partition coefficient (Wildman–Crippen LogP) is 5.36. The van der Waals surface area contributed by atoms with Gasteiger partial charge in [-0.25, -0.2) is 5.43 Å². The summed E-state index contributed by atoms with van der Waals surface area (Å²) in [5.41, 5.74) is 3.55. The minimum absolute atomic E-state index is 0.0277. The monoisotopic (exact) mass is 453 g/mol. The van der Waals surface area contributed by atoms with Gasteiger partial charge in [-0.2, -0.15) is 18.3 Å². The first kappa shape index (κ1) is 23.7. The van der Waals surface area contributed by atoms with Gasteiger partial charge in [0.1, 0.15) is 0 Å². The van der Waals surface area contributed by atoms with Crippen molar-refractivity contribution in [2.24, 2.45) is 5.10 Å². The Hall–Kier alpha value is -3.94. The molecule has 3 aromatic carbocycles. The summed E-state index contributed by atoms with van der Waals surface area (Å²) < 4.78 is 38.5. The second-order valence-corrected chi connectivity index (χ2v) is 7.38. The van der Waals surface area contributed by atoms with Crippen molar-refractivity contribution in [1.29, 1.82) is 0 Å². The Morgan fingerprint density at radius 2 is 1.45 bits per heavy atom. The number of benzene rings is 3. The van der Waals surface area contributed by atoms with Crippen molar-refractivity contribution in [3.63, 3.8) is 0 Å². The number of anilines is 1. The van der Waals surface area contributed by atoms with Crippen LogP contribution in [0.4, 0.5) is 18.9 Å². The molecule has 0 atom stereocenters. The minimum atomic E-state index is -4.50. The third-order valence-electron chi connectivity index (χ3n) is 4.78. The van der Waals surface area contributed by atoms with Crippen LogP contribution in [-0.4, -0.2) is 17.5 Å². The summed E-state index contributed by atoms with van der Waals surface area (Å²) in [5, 5.41) is 6.43. The second-order valence-electron chi connectivity index (χ2n) is 7.38. The number of halogens is 3. The molecular weight excluding hydrogens is 431 g/mol. The van der Waals surface area contributed by atoms with Gasteiger partial charge in [-0.05, 0) is 36.2 Å². The number of amides is 2. The number of nitrogens with zero attached hydrogens (tertiary/aromatic N) is 1. The van der Waals surface area contributed by atoms with E-state index < -0.39 is 23.6 Å². The molecule has 170 valence electrons. The van der Waals surface area contributed by atoms with Gasteiger partial charge in [0, 0.05) is 11.4 Å². The van der Waals surface area contributed by atoms with E-state index in [1.807, 2.05) is 60.7 Å². The van der Waals surface area contributed by atoms with Crippen molar-refractivity contribution in [2.75, 3.05) is 5.32 Å². The standard InChI is InChI=1S/C25H22F3N3O2/c1-17(15-22(32)29-21-14-8-13-20(16-21)25(26,27)28)30-31-24(33)23(18-9-4-2-5-10-18)19-11-6-3-7-12-19/h2-14,16,23H,15H2,1H3,(H,29,32)(H,31,33). The van der Waals surface area contributed by atoms with Crippen LogP contribution in [0.3, 0.4) is 0 Å². The zero-order chi connectivity index (χ0) is 23.8. The van der Waals surface area contributed by atoms with E-state index in [1.54, 1.807) is 6.92 Å². The fourth-order valence-electron chi connectivity index (χ4n) is 3.25. The van der Waals surface area contributed by atoms with Crippen molar-refractivity contribution in [1.82, 2.24) is 5.43 Å². The molecule has 0 bridgehead atoms. The molecule has 0 aromatic heterocycles. The highest BCUT2D eigenvalue weighted by Gasteiger charge is 2.30. The molecule has 0 fully saturated rings. The molecule has 5 nitrogen and oxygen atoms in total. The zero-order valence-electron chi connectivity index (χ0n) is 17.8. The Bertz CT molecular complexity index is 1090. The molecule has 0 spiro atoms. The van der Waals surface area contributed by atoms with E-state index in [0.717, 1.165) is 23.3 Å². The van der Waals surface area contributed by atoms with E-state index in [2.05, 4.69) is 15.8 Å². The van der Waals surface area contributed by atoms with Crippen LogP contribution in [0.1, 0.15) is 36.0 Å². The summed E-state index contributed by atoms with van der Waals surface area (Å²) in [7, 11) is 0. The van der Waals surface area contributed by atoms with Crippen LogP contribution in [0.2, 0.25) is 0 Å². The van der Waals surface area contributed by atoms with Gasteiger partial charge in [0.15, 0.2) is 0 Å². The van der Waals surface area contributed by atoms with Crippen LogP contribution < -0.4 is 10.7 Å². The average molecular weight is 453 g/mol. The molecule has 3 aromatic rings. The highest BCUT2D eigenvalue weighted by atomic mass is 19.4. The number of alkyl halides is 3. The smallest absolute Gasteiger partial charge is 0.326 e. The predicted molar refractivity (Wildman–Crippen MR) is 121 cm³/mol. The first-order valence-corrected chi connectivity index (χ1v) is 10.1. The number of rotatable bonds is 7. The van der Waals surface area contributed by atoms with Gasteiger partial charge in [-0.15, -0.1) is 0 Å². The fourth-order valence-corrected chi connectivity index (χ4v) is 3.25. The van der Waals surface area contributed by atoms with E-state index in [-0.39, 0.29) is 18.0 Å². The van der Waals surface area contributed by atoms with Gasteiger partial charge < -0.3 is 5.32 Å². The summed E-state index contributed by atoms with van der Waals surface area (Å²) in [4.78, 5) is 25.2. The Morgan fingerprint density at radius 1 is 0.879 bits per heavy atom. The van der Waals surface area contributed by atoms with E-state index >= 15 is 0 Å². The summed E-state index contributed by atoms with van der Waals surface area (Å²) in [6.45, 7) is 1.55. The molecule has 0 heterocycles. The van der Waals surface area contributed by atoms with E-state index in [1.165, 1.54) is 12.1 Å². The topological polar surface area (TPSA) is 70.6 Å². The number of hydrazone groups is 1. The third-order valence-corrected chi connectivity index (χ3v) is 4.78. The van der Waals surface area contributed by atoms with Gasteiger partial charge in [-0.3, -0.25) is 9.59 Å². The second kappa shape index (κ2) is 10.6. The van der Waals surface area contributed by atoms with Crippen molar-refractivity contribution < 1.29 is 22.8 Å². The number of carbonyl (C=O) groups is 2. The van der Waals surface area contributed by atoms with Crippen LogP contribution in [-0.2, 0) is 15.8 Å². The zero-order valence-corrected chi connectivity index (χ0v) is 17.8. The molecular formula is C25H22F3N3O2. The normalized spacial score (nSPS) is 11.8. The minimum Gasteiger partial charge on any atom is -0.326 e. The van der Waals surface area contributed by atoms with E-state index in [4.69, 9.17) is 0 Å². The summed E-state index contributed by atoms with van der Waals surface area (Å²) in [5.74, 6) is -1.51. The molecule has 8 heteroatoms. The number of hydrogen-bond acceptors (Lipinski definition) is 3. The lowest BCUT2D eigenvalue weighted by Crippen LogP contribution is -2.27. The molecule has 0 saturated heterocycles. The molecule has 0 saturated carbocycles. The first-order valence-electron chi connectivity index (χ1n) is 10.1. The molecule has 0 aliphatic carbocycles. The average Bonchev–Trinajstić information content (AvgIpc) is 2.79. The molecule has 2 N–H and O–H groups in total. The van der Waals surface area contributed by atoms with Crippen molar-refractivity contribution in [3.8, 4) is 0 Å². The highest BCUT2D eigenvalue weighted by Crippen LogP contribution is 2.30. The molecule has 0 unspecified atom stereocenters. The SMILES string of the molecule is CC(CC(=O)Nc1cccc(C(F)(F)F)c1)=NNC(=O)C(c1ccccc1)c1ccccc1. The van der Waals surface area contributed by atoms with Crippen molar-refractivity contribution >= 4 is 23.2 Å². The van der Waals surface area contributed by atoms with Crippen molar-refractivity contribution in [2.45, 2.75) is 25.4 Å². The molecule has 2 amide bonds. The van der Waals surface area contributed by atoms with Gasteiger partial charge in [0.2, 0.25) is 5.91 Å². The van der Waals surface area contributed by atoms with Gasteiger partial charge in [-0.1, -0.05) is 66.7 Å². The lowest BCUT2D eigenvalue weighted by atomic mass is 9.91. The van der Waals surface area contributed by atoms with Gasteiger partial charge >= 0.3 is 6.18 Å². The lowest BCUT2D eigenvalue weighted by molar-refractivity contribution is -0.137. The Kier molecular flexibility index (Phi) is 7.61. The summed E-state index contributed by atoms with van der Waals surface area (Å²) in [6.07, 6.45) is -4.70. The molecule has 0 aliphatic heterocycles. The Morgan fingerprint density at radius 3 is 2.00 bits per heavy atom. The number of hydrogen-bond donors (Lipinski definition) is 2. The number of carbonyl (C=O) groups excluding carboxylic acids is 2. The molecule has 3 rings (SSSR count). The lowest BCUT2D eigenvalue weighted by Gasteiger charge is -2.16. The van der Waals surface area contributed by atoms with E-state index in [9.17, 15) is 22.8 Å². The highest BCUT2D eigenvalue weighted by molar-refractivity contribution is 6.05. The first-order chi connectivity index (χ1) is 15.7.